The molecule has 0 bridgehead atoms. The van der Waals surface area contributed by atoms with Crippen LogP contribution in [0.1, 0.15) is 149 Å². The van der Waals surface area contributed by atoms with Crippen LogP contribution in [0.25, 0.3) is 0 Å². The number of nitrogens with zero attached hydrogens (tertiary/aromatic N) is 1. The predicted molar refractivity (Wildman–Crippen MR) is 280 cm³/mol. The lowest BCUT2D eigenvalue weighted by Gasteiger charge is -2.30. The number of carboxylic acid groups (broad SMARTS) is 1. The molecular weight excluding hydrogens is 945 g/mol. The van der Waals surface area contributed by atoms with E-state index in [1.54, 1.807) is 27.7 Å². The van der Waals surface area contributed by atoms with E-state index in [9.17, 15) is 53.4 Å². The number of amides is 8. The molecule has 0 aromatic carbocycles. The lowest BCUT2D eigenvalue weighted by Crippen LogP contribution is -2.62. The van der Waals surface area contributed by atoms with Gasteiger partial charge >= 0.3 is 5.97 Å². The Morgan fingerprint density at radius 1 is 0.411 bits per heavy atom. The van der Waals surface area contributed by atoms with Crippen LogP contribution < -0.4 is 59.7 Å². The minimum absolute atomic E-state index is 0.0775. The predicted octanol–water partition coefficient (Wildman–Crippen LogP) is 0.254. The molecule has 73 heavy (non-hydrogen) atoms. The molecule has 0 rings (SSSR count). The van der Waals surface area contributed by atoms with Gasteiger partial charge in [-0.1, -0.05) is 96.9 Å². The molecule has 0 unspecified atom stereocenters. The molecule has 0 aliphatic heterocycles. The molecule has 0 saturated heterocycles. The number of hydrogen-bond donors (Lipinski definition) is 13. The van der Waals surface area contributed by atoms with Crippen molar-refractivity contribution in [2.24, 2.45) is 63.6 Å². The zero-order valence-corrected chi connectivity index (χ0v) is 46.2. The minimum Gasteiger partial charge on any atom is -0.480 e. The number of hydrogen-bond acceptors (Lipinski definition) is 12. The molecule has 0 aliphatic carbocycles. The zero-order valence-electron chi connectivity index (χ0n) is 46.2. The minimum atomic E-state index is -1.50. The van der Waals surface area contributed by atoms with Crippen molar-refractivity contribution >= 4 is 59.2 Å². The first-order valence-corrected chi connectivity index (χ1v) is 25.8. The first kappa shape index (κ1) is 67.4. The van der Waals surface area contributed by atoms with Crippen molar-refractivity contribution in [1.29, 1.82) is 0 Å². The van der Waals surface area contributed by atoms with E-state index in [1.807, 2.05) is 69.2 Å². The van der Waals surface area contributed by atoms with Gasteiger partial charge in [0.05, 0.1) is 12.1 Å². The van der Waals surface area contributed by atoms with Gasteiger partial charge in [-0.25, -0.2) is 4.79 Å². The molecule has 23 heteroatoms. The SMILES string of the molecule is CC(C)C[C@H](NC(=O)[C@H](CC(C)C)NC(=O)[C@H](CC(C)C)NC(=O)[C@@H](NC(=O)[C@H](CC(C)C)NC(=O)[C@@H](NC(=O)[C@@H](N)CCCN=C(N)N)[C@@H](C)O)C(C)C)C(=O)N[C@@H](CC(C)C)C(=O)N[C@H](C(=O)O)C(C)C. The number of aliphatic imine (C=N–C) groups is 1. The topological polar surface area (TPSA) is 381 Å². The van der Waals surface area contributed by atoms with Gasteiger partial charge in [-0.15, -0.1) is 0 Å². The summed E-state index contributed by atoms with van der Waals surface area (Å²) in [5.74, 6) is -8.71. The summed E-state index contributed by atoms with van der Waals surface area (Å²) in [6, 6.07) is -10.9. The van der Waals surface area contributed by atoms with Gasteiger partial charge in [0.25, 0.3) is 0 Å². The molecule has 0 heterocycles. The van der Waals surface area contributed by atoms with Gasteiger partial charge in [-0.05, 0) is 93.3 Å². The monoisotopic (exact) mass is 1040 g/mol. The smallest absolute Gasteiger partial charge is 0.326 e. The molecule has 420 valence electrons. The van der Waals surface area contributed by atoms with Crippen molar-refractivity contribution in [3.63, 3.8) is 0 Å². The lowest BCUT2D eigenvalue weighted by molar-refractivity contribution is -0.143. The largest absolute Gasteiger partial charge is 0.480 e. The fourth-order valence-electron chi connectivity index (χ4n) is 7.73. The zero-order chi connectivity index (χ0) is 56.6. The van der Waals surface area contributed by atoms with Crippen molar-refractivity contribution in [3.8, 4) is 0 Å². The van der Waals surface area contributed by atoms with E-state index in [-0.39, 0.29) is 80.6 Å². The summed E-state index contributed by atoms with van der Waals surface area (Å²) >= 11 is 0. The van der Waals surface area contributed by atoms with E-state index in [0.29, 0.717) is 6.42 Å². The second-order valence-electron chi connectivity index (χ2n) is 22.0. The summed E-state index contributed by atoms with van der Waals surface area (Å²) in [6.45, 7) is 26.5. The van der Waals surface area contributed by atoms with E-state index in [1.165, 1.54) is 6.92 Å². The standard InChI is InChI=1S/C50H94N12O11/c1-24(2)19-33(42(65)55-34(20-25(3)4)43(66)57-36(22-27(7)8)46(69)61-39(30(13)14)49(72)73)56-44(67)35(21-26(5)6)58-47(70)38(29(11)12)60-45(68)37(23-28(9)10)59-48(71)40(31(15)63)62-41(64)32(51)17-16-18-54-50(52)53/h24-40,63H,16-23,51H2,1-15H3,(H,55,65)(H,56,67)(H,57,66)(H,58,70)(H,59,71)(H,60,68)(H,61,69)(H,62,64)(H,72,73)(H4,52,53,54)/t31-,32+,33+,34+,35+,36+,37+,38+,39+,40+/m1/s1. The Morgan fingerprint density at radius 3 is 0.959 bits per heavy atom. The van der Waals surface area contributed by atoms with Crippen molar-refractivity contribution in [3.05, 3.63) is 0 Å². The first-order valence-electron chi connectivity index (χ1n) is 25.8. The van der Waals surface area contributed by atoms with Crippen molar-refractivity contribution in [2.75, 3.05) is 6.54 Å². The quantitative estimate of drug-likeness (QED) is 0.0234. The number of nitrogens with one attached hydrogen (secondary N) is 8. The second-order valence-corrected chi connectivity index (χ2v) is 22.0. The fourth-order valence-corrected chi connectivity index (χ4v) is 7.73. The molecule has 23 nitrogen and oxygen atoms in total. The van der Waals surface area contributed by atoms with Crippen molar-refractivity contribution in [1.82, 2.24) is 42.5 Å². The van der Waals surface area contributed by atoms with E-state index in [0.717, 1.165) is 0 Å². The highest BCUT2D eigenvalue weighted by Crippen LogP contribution is 2.15. The molecular formula is C50H94N12O11. The maximum absolute atomic E-state index is 14.2. The first-order chi connectivity index (χ1) is 33.7. The second kappa shape index (κ2) is 33.3. The van der Waals surface area contributed by atoms with Gasteiger partial charge in [-0.3, -0.25) is 43.3 Å². The molecule has 0 radical (unpaired) electrons. The highest BCUT2D eigenvalue weighted by molar-refractivity contribution is 5.98. The molecule has 0 saturated carbocycles. The van der Waals surface area contributed by atoms with Crippen molar-refractivity contribution < 1.29 is 53.4 Å². The number of guanidine groups is 1. The molecule has 0 aliphatic rings. The average Bonchev–Trinajstić information content (AvgIpc) is 3.24. The van der Waals surface area contributed by atoms with Crippen LogP contribution >= 0.6 is 0 Å². The van der Waals surface area contributed by atoms with Crippen LogP contribution in [0.3, 0.4) is 0 Å². The van der Waals surface area contributed by atoms with Gasteiger partial charge in [0.1, 0.15) is 48.3 Å². The highest BCUT2D eigenvalue weighted by Gasteiger charge is 2.37. The lowest BCUT2D eigenvalue weighted by atomic mass is 9.97. The van der Waals surface area contributed by atoms with Crippen LogP contribution in [-0.2, 0) is 43.2 Å². The molecule has 0 fully saturated rings. The molecule has 10 atom stereocenters. The van der Waals surface area contributed by atoms with E-state index >= 15 is 0 Å². The Morgan fingerprint density at radius 2 is 0.685 bits per heavy atom. The van der Waals surface area contributed by atoms with Crippen LogP contribution in [0, 0.1) is 41.4 Å². The number of aliphatic hydroxyl groups is 1. The van der Waals surface area contributed by atoms with E-state index in [2.05, 4.69) is 47.5 Å². The molecule has 8 amide bonds. The summed E-state index contributed by atoms with van der Waals surface area (Å²) in [5, 5.41) is 41.6. The molecule has 0 spiro atoms. The summed E-state index contributed by atoms with van der Waals surface area (Å²) in [6.07, 6.45) is -0.155. The third-order valence-electron chi connectivity index (χ3n) is 11.5. The molecule has 16 N–H and O–H groups in total. The number of nitrogens with two attached hydrogens (primary N) is 3. The summed E-state index contributed by atoms with van der Waals surface area (Å²) in [5.41, 5.74) is 16.7. The van der Waals surface area contributed by atoms with Crippen molar-refractivity contribution in [2.45, 2.75) is 209 Å². The van der Waals surface area contributed by atoms with Crippen LogP contribution in [0.5, 0.6) is 0 Å². The Hall–Kier alpha value is -5.58. The number of aliphatic hydroxyl groups excluding tert-OH is 1. The summed E-state index contributed by atoms with van der Waals surface area (Å²) < 4.78 is 0. The van der Waals surface area contributed by atoms with E-state index in [4.69, 9.17) is 17.2 Å². The average molecular weight is 1040 g/mol. The summed E-state index contributed by atoms with van der Waals surface area (Å²) in [4.78, 5) is 126. The number of carbonyl (C=O) groups is 9. The summed E-state index contributed by atoms with van der Waals surface area (Å²) in [7, 11) is 0. The maximum Gasteiger partial charge on any atom is 0.326 e. The molecule has 0 aromatic rings. The van der Waals surface area contributed by atoms with Gasteiger partial charge in [-0.2, -0.15) is 0 Å². The maximum atomic E-state index is 14.2. The van der Waals surface area contributed by atoms with E-state index < -0.39 is 126 Å². The van der Waals surface area contributed by atoms with Gasteiger partial charge in [0, 0.05) is 6.54 Å². The molecule has 0 aromatic heterocycles. The normalized spacial score (nSPS) is 15.8. The van der Waals surface area contributed by atoms with Gasteiger partial charge in [0.15, 0.2) is 5.96 Å². The Bertz CT molecular complexity index is 1840. The highest BCUT2D eigenvalue weighted by atomic mass is 16.4. The van der Waals surface area contributed by atoms with Crippen LogP contribution in [-0.4, -0.2) is 136 Å². The Kier molecular flexibility index (Phi) is 30.7. The third-order valence-corrected chi connectivity index (χ3v) is 11.5. The van der Waals surface area contributed by atoms with Gasteiger partial charge in [0.2, 0.25) is 47.3 Å². The number of aliphatic carboxylic acids is 1. The number of carboxylic acids is 1. The van der Waals surface area contributed by atoms with Crippen LogP contribution in [0.15, 0.2) is 4.99 Å². The Balaban J connectivity index is 6.53. The fraction of sp³-hybridized carbons (Fsp3) is 0.800. The number of carbonyl (C=O) groups excluding carboxylic acids is 8. The van der Waals surface area contributed by atoms with Gasteiger partial charge < -0.3 is 69.9 Å². The third kappa shape index (κ3) is 26.8. The van der Waals surface area contributed by atoms with Crippen LogP contribution in [0.4, 0.5) is 0 Å². The number of rotatable bonds is 34. The van der Waals surface area contributed by atoms with Crippen LogP contribution in [0.2, 0.25) is 0 Å². The Labute approximate surface area is 433 Å².